The van der Waals surface area contributed by atoms with Crippen LogP contribution in [0.25, 0.3) is 0 Å². The minimum atomic E-state index is -3.41. The third-order valence-electron chi connectivity index (χ3n) is 2.02. The molecule has 0 radical (unpaired) electrons. The number of rotatable bonds is 12. The minimum Gasteiger partial charge on any atom is -0.285 e. The molecule has 0 heterocycles. The monoisotopic (exact) mass is 436 g/mol. The molecule has 0 spiro atoms. The number of hydrogen-bond donors (Lipinski definition) is 2. The van der Waals surface area contributed by atoms with E-state index in [0.717, 1.165) is 32.1 Å². The van der Waals surface area contributed by atoms with E-state index < -0.39 is 18.1 Å². The summed E-state index contributed by atoms with van der Waals surface area (Å²) in [5.41, 5.74) is 0. The average molecular weight is 437 g/mol. The molecule has 0 aromatic carbocycles. The minimum absolute atomic E-state index is 0.200. The lowest BCUT2D eigenvalue weighted by Gasteiger charge is -2.00. The molecule has 0 aliphatic carbocycles. The Bertz CT molecular complexity index is 440. The number of halogens is 2. The zero-order valence-electron chi connectivity index (χ0n) is 12.0. The quantitative estimate of drug-likeness (QED) is 0.355. The van der Waals surface area contributed by atoms with Gasteiger partial charge in [-0.3, -0.25) is 17.5 Å². The van der Waals surface area contributed by atoms with Gasteiger partial charge in [0.1, 0.15) is 0 Å². The van der Waals surface area contributed by atoms with Crippen LogP contribution in [-0.2, 0) is 48.8 Å². The molecule has 0 aliphatic heterocycles. The Kier molecular flexibility index (Phi) is 18.1. The number of alkyl halides is 2. The normalized spacial score (nSPS) is 16.2. The summed E-state index contributed by atoms with van der Waals surface area (Å²) in [5, 5.41) is 0. The van der Waals surface area contributed by atoms with Crippen molar-refractivity contribution in [1.82, 2.24) is 0 Å². The van der Waals surface area contributed by atoms with Gasteiger partial charge in [0, 0.05) is 34.1 Å². The summed E-state index contributed by atoms with van der Waals surface area (Å²) in [4.78, 5) is 0. The van der Waals surface area contributed by atoms with Crippen LogP contribution in [0.5, 0.6) is 0 Å². The van der Waals surface area contributed by atoms with E-state index in [9.17, 15) is 8.42 Å². The second-order valence-electron chi connectivity index (χ2n) is 4.00. The molecule has 0 aliphatic rings. The topological polar surface area (TPSA) is 93.1 Å². The van der Waals surface area contributed by atoms with Crippen LogP contribution in [0.1, 0.15) is 38.5 Å². The van der Waals surface area contributed by atoms with E-state index >= 15 is 0 Å². The van der Waals surface area contributed by atoms with Gasteiger partial charge in [0.05, 0.1) is 13.2 Å². The highest BCUT2D eigenvalue weighted by atomic mass is 35.5. The maximum absolute atomic E-state index is 10.4. The zero-order chi connectivity index (χ0) is 17.5. The summed E-state index contributed by atoms with van der Waals surface area (Å²) >= 11 is 19.0. The van der Waals surface area contributed by atoms with Gasteiger partial charge in [0.2, 0.25) is 0 Å². The van der Waals surface area contributed by atoms with Crippen LogP contribution in [0.15, 0.2) is 0 Å². The first-order chi connectivity index (χ1) is 10.1. The lowest BCUT2D eigenvalue weighted by atomic mass is 10.2. The summed E-state index contributed by atoms with van der Waals surface area (Å²) in [6.45, 7) is 0.451. The fourth-order valence-corrected chi connectivity index (χ4v) is 2.52. The average Bonchev–Trinajstić information content (AvgIpc) is 2.37. The molecule has 12 heteroatoms. The van der Waals surface area contributed by atoms with Crippen molar-refractivity contribution in [1.29, 1.82) is 0 Å². The van der Waals surface area contributed by atoms with Crippen molar-refractivity contribution >= 4 is 63.7 Å². The van der Waals surface area contributed by atoms with Gasteiger partial charge >= 0.3 is 0 Å². The van der Waals surface area contributed by atoms with E-state index in [2.05, 4.69) is 30.7 Å². The van der Waals surface area contributed by atoms with Crippen LogP contribution in [0.3, 0.4) is 0 Å². The summed E-state index contributed by atoms with van der Waals surface area (Å²) in [6, 6.07) is 0. The second-order valence-corrected chi connectivity index (χ2v) is 9.46. The Balaban J connectivity index is 0. The van der Waals surface area contributed by atoms with Crippen molar-refractivity contribution in [3.63, 3.8) is 0 Å². The molecule has 2 atom stereocenters. The van der Waals surface area contributed by atoms with Crippen LogP contribution in [0.2, 0.25) is 0 Å². The van der Waals surface area contributed by atoms with Crippen molar-refractivity contribution in [2.24, 2.45) is 0 Å². The Morgan fingerprint density at radius 2 is 1.05 bits per heavy atom. The Labute approximate surface area is 152 Å². The van der Waals surface area contributed by atoms with Gasteiger partial charge in [-0.2, -0.15) is 8.42 Å². The zero-order valence-corrected chi connectivity index (χ0v) is 16.8. The molecular formula is C10H22Cl2O6S4. The first-order valence-electron chi connectivity index (χ1n) is 6.48. The molecule has 22 heavy (non-hydrogen) atoms. The van der Waals surface area contributed by atoms with E-state index in [4.69, 9.17) is 32.3 Å². The molecule has 0 aromatic heterocycles. The van der Waals surface area contributed by atoms with E-state index in [1.54, 1.807) is 0 Å². The first-order valence-corrected chi connectivity index (χ1v) is 12.3. The van der Waals surface area contributed by atoms with Gasteiger partial charge in [-0.05, 0) is 25.7 Å². The summed E-state index contributed by atoms with van der Waals surface area (Å²) in [5.74, 6) is 1.20. The lowest BCUT2D eigenvalue weighted by Crippen LogP contribution is -2.03. The maximum Gasteiger partial charge on any atom is 0.266 e. The third-order valence-corrected chi connectivity index (χ3v) is 4.06. The molecule has 0 amide bonds. The molecule has 2 unspecified atom stereocenters. The highest BCUT2D eigenvalue weighted by Crippen LogP contribution is 2.02. The number of unbranched alkanes of at least 4 members (excludes halogenated alkanes) is 4. The number of hydrogen-bond acceptors (Lipinski definition) is 6. The predicted octanol–water partition coefficient (Wildman–Crippen LogP) is 3.09. The largest absolute Gasteiger partial charge is 0.285 e. The second kappa shape index (κ2) is 15.7. The molecule has 0 fully saturated rings. The van der Waals surface area contributed by atoms with Crippen molar-refractivity contribution < 1.29 is 25.9 Å². The van der Waals surface area contributed by atoms with Crippen LogP contribution < -0.4 is 0 Å². The highest BCUT2D eigenvalue weighted by molar-refractivity contribution is 8.27. The van der Waals surface area contributed by atoms with Crippen LogP contribution in [0, 0.1) is 0 Å². The standard InChI is InChI=1S/C6H13ClO3S2.C4H9ClO3S2/c7-5-3-1-2-4-6-10-12(8,9)11;5-3-1-2-4-8-10(6,7)9/h1-6H2,(H,8,9,11);1-4H2,(H,6,7,9). The van der Waals surface area contributed by atoms with Crippen molar-refractivity contribution in [3.05, 3.63) is 0 Å². The van der Waals surface area contributed by atoms with Crippen LogP contribution >= 0.6 is 23.2 Å². The lowest BCUT2D eigenvalue weighted by molar-refractivity contribution is 0.294. The van der Waals surface area contributed by atoms with Crippen LogP contribution in [-0.4, -0.2) is 42.5 Å². The predicted molar refractivity (Wildman–Crippen MR) is 97.3 cm³/mol. The summed E-state index contributed by atoms with van der Waals surface area (Å²) < 4.78 is 46.4. The molecule has 0 saturated carbocycles. The van der Waals surface area contributed by atoms with Crippen molar-refractivity contribution in [3.8, 4) is 0 Å². The third kappa shape index (κ3) is 29.2. The van der Waals surface area contributed by atoms with Gasteiger partial charge in [0.15, 0.2) is 0 Å². The summed E-state index contributed by atoms with van der Waals surface area (Å²) in [6.07, 6.45) is 5.15. The molecule has 0 bridgehead atoms. The van der Waals surface area contributed by atoms with Gasteiger partial charge < -0.3 is 0 Å². The fraction of sp³-hybridized carbons (Fsp3) is 1.00. The highest BCUT2D eigenvalue weighted by Gasteiger charge is 1.98. The SMILES string of the molecule is O=S(O)(=S)OCCCCCCCl.O=S(O)(=S)OCCCCCl. The van der Waals surface area contributed by atoms with Gasteiger partial charge in [-0.15, -0.1) is 23.2 Å². The molecule has 0 rings (SSSR count). The first kappa shape index (κ1) is 25.4. The smallest absolute Gasteiger partial charge is 0.266 e. The van der Waals surface area contributed by atoms with Crippen molar-refractivity contribution in [2.75, 3.05) is 25.0 Å². The molecule has 2 N–H and O–H groups in total. The summed E-state index contributed by atoms with van der Waals surface area (Å²) in [7, 11) is -6.82. The van der Waals surface area contributed by atoms with Gasteiger partial charge in [-0.1, -0.05) is 12.8 Å². The van der Waals surface area contributed by atoms with Gasteiger partial charge in [-0.25, -0.2) is 0 Å². The van der Waals surface area contributed by atoms with E-state index in [1.165, 1.54) is 0 Å². The van der Waals surface area contributed by atoms with E-state index in [-0.39, 0.29) is 13.2 Å². The van der Waals surface area contributed by atoms with E-state index in [1.807, 2.05) is 0 Å². The Morgan fingerprint density at radius 3 is 1.41 bits per heavy atom. The molecule has 0 aromatic rings. The Morgan fingerprint density at radius 1 is 0.727 bits per heavy atom. The Hall–Kier alpha value is 1.16. The van der Waals surface area contributed by atoms with Crippen LogP contribution in [0.4, 0.5) is 0 Å². The van der Waals surface area contributed by atoms with Crippen molar-refractivity contribution in [2.45, 2.75) is 38.5 Å². The van der Waals surface area contributed by atoms with E-state index in [0.29, 0.717) is 18.2 Å². The molecular weight excluding hydrogens is 415 g/mol. The molecule has 136 valence electrons. The maximum atomic E-state index is 10.4. The molecule has 6 nitrogen and oxygen atoms in total. The fourth-order valence-electron chi connectivity index (χ4n) is 1.08. The molecule has 0 saturated heterocycles. The van der Waals surface area contributed by atoms with Gasteiger partial charge in [0.25, 0.3) is 18.1 Å².